The smallest absolute Gasteiger partial charge is 0.237 e. The summed E-state index contributed by atoms with van der Waals surface area (Å²) in [6.45, 7) is 0.741. The average molecular weight is 348 g/mol. The van der Waals surface area contributed by atoms with Crippen LogP contribution < -0.4 is 4.90 Å². The highest BCUT2D eigenvalue weighted by Gasteiger charge is 2.23. The molecule has 25 heavy (non-hydrogen) atoms. The van der Waals surface area contributed by atoms with Gasteiger partial charge in [0.25, 0.3) is 0 Å². The molecule has 0 aliphatic carbocycles. The van der Waals surface area contributed by atoms with E-state index in [2.05, 4.69) is 17.2 Å². The highest BCUT2D eigenvalue weighted by molar-refractivity contribution is 7.99. The Bertz CT molecular complexity index is 988. The maximum atomic E-state index is 12.7. The number of hydrogen-bond donors (Lipinski definition) is 0. The molecule has 0 spiro atoms. The number of nitriles is 1. The average Bonchev–Trinajstić information content (AvgIpc) is 3.03. The van der Waals surface area contributed by atoms with E-state index < -0.39 is 0 Å². The Hall–Kier alpha value is -2.78. The van der Waals surface area contributed by atoms with Gasteiger partial charge in [0.15, 0.2) is 11.3 Å². The third kappa shape index (κ3) is 2.87. The van der Waals surface area contributed by atoms with Crippen LogP contribution in [0.4, 0.5) is 5.69 Å². The van der Waals surface area contributed by atoms with E-state index in [1.165, 1.54) is 21.9 Å². The number of thioether (sulfide) groups is 1. The van der Waals surface area contributed by atoms with E-state index in [1.807, 2.05) is 47.4 Å². The van der Waals surface area contributed by atoms with Crippen LogP contribution in [0.15, 0.2) is 53.7 Å². The van der Waals surface area contributed by atoms with Gasteiger partial charge in [0, 0.05) is 12.2 Å². The van der Waals surface area contributed by atoms with Gasteiger partial charge in [-0.3, -0.25) is 4.79 Å². The molecule has 0 radical (unpaired) electrons. The van der Waals surface area contributed by atoms with Crippen LogP contribution >= 0.6 is 11.8 Å². The second-order valence-corrected chi connectivity index (χ2v) is 6.83. The van der Waals surface area contributed by atoms with Crippen molar-refractivity contribution >= 4 is 34.4 Å². The van der Waals surface area contributed by atoms with Crippen LogP contribution in [0.1, 0.15) is 12.0 Å². The molecule has 1 aliphatic rings. The molecule has 0 N–H and O–H groups in total. The molecule has 0 fully saturated rings. The number of carbonyl (C=O) groups excluding carboxylic acids is 1. The van der Waals surface area contributed by atoms with Crippen molar-refractivity contribution in [1.82, 2.24) is 9.55 Å². The van der Waals surface area contributed by atoms with Crippen molar-refractivity contribution in [3.63, 3.8) is 0 Å². The van der Waals surface area contributed by atoms with E-state index in [9.17, 15) is 10.1 Å². The highest BCUT2D eigenvalue weighted by Crippen LogP contribution is 2.29. The molecule has 3 aromatic rings. The maximum absolute atomic E-state index is 12.7. The number of fused-ring (bicyclic) bond motifs is 2. The second-order valence-electron chi connectivity index (χ2n) is 5.88. The van der Waals surface area contributed by atoms with Crippen LogP contribution in [-0.2, 0) is 11.2 Å². The minimum absolute atomic E-state index is 0.0497. The molecule has 0 atom stereocenters. The fraction of sp³-hybridized carbons (Fsp3) is 0.211. The van der Waals surface area contributed by atoms with Crippen molar-refractivity contribution in [2.45, 2.75) is 18.0 Å². The molecule has 0 unspecified atom stereocenters. The van der Waals surface area contributed by atoms with E-state index in [0.29, 0.717) is 5.16 Å². The van der Waals surface area contributed by atoms with Crippen molar-refractivity contribution < 1.29 is 4.79 Å². The Kier molecular flexibility index (Phi) is 4.16. The second kappa shape index (κ2) is 6.61. The molecule has 1 aromatic heterocycles. The van der Waals surface area contributed by atoms with Gasteiger partial charge in [-0.2, -0.15) is 5.26 Å². The van der Waals surface area contributed by atoms with E-state index in [4.69, 9.17) is 0 Å². The van der Waals surface area contributed by atoms with Gasteiger partial charge in [0.2, 0.25) is 5.91 Å². The molecule has 1 amide bonds. The predicted octanol–water partition coefficient (Wildman–Crippen LogP) is 3.44. The number of aromatic nitrogens is 2. The number of anilines is 1. The molecule has 2 heterocycles. The molecule has 1 aliphatic heterocycles. The Labute approximate surface area is 149 Å². The molecule has 124 valence electrons. The topological polar surface area (TPSA) is 61.9 Å². The first-order chi connectivity index (χ1) is 12.3. The zero-order valence-electron chi connectivity index (χ0n) is 13.6. The number of benzene rings is 2. The normalized spacial score (nSPS) is 13.5. The molecule has 4 rings (SSSR count). The van der Waals surface area contributed by atoms with E-state index >= 15 is 0 Å². The van der Waals surface area contributed by atoms with Crippen molar-refractivity contribution in [3.05, 3.63) is 54.1 Å². The lowest BCUT2D eigenvalue weighted by Crippen LogP contribution is -2.36. The predicted molar refractivity (Wildman–Crippen MR) is 98.6 cm³/mol. The van der Waals surface area contributed by atoms with Gasteiger partial charge in [-0.15, -0.1) is 0 Å². The molecule has 5 nitrogen and oxygen atoms in total. The van der Waals surface area contributed by atoms with Gasteiger partial charge < -0.3 is 4.90 Å². The van der Waals surface area contributed by atoms with Gasteiger partial charge in [-0.1, -0.05) is 42.1 Å². The van der Waals surface area contributed by atoms with Crippen LogP contribution in [0.3, 0.4) is 0 Å². The van der Waals surface area contributed by atoms with E-state index in [-0.39, 0.29) is 11.7 Å². The third-order valence-corrected chi connectivity index (χ3v) is 5.29. The number of hydrogen-bond acceptors (Lipinski definition) is 4. The summed E-state index contributed by atoms with van der Waals surface area (Å²) in [6.07, 6.45) is 4.13. The number of imidazole rings is 1. The lowest BCUT2D eigenvalue weighted by atomic mass is 10.0. The van der Waals surface area contributed by atoms with Crippen molar-refractivity contribution in [1.29, 1.82) is 5.26 Å². The monoisotopic (exact) mass is 348 g/mol. The molecular formula is C19H16N4OS. The van der Waals surface area contributed by atoms with E-state index in [0.717, 1.165) is 36.1 Å². The first kappa shape index (κ1) is 15.7. The fourth-order valence-corrected chi connectivity index (χ4v) is 4.03. The largest absolute Gasteiger partial charge is 0.311 e. The highest BCUT2D eigenvalue weighted by atomic mass is 32.2. The van der Waals surface area contributed by atoms with Crippen LogP contribution in [-0.4, -0.2) is 27.8 Å². The fourth-order valence-electron chi connectivity index (χ4n) is 3.19. The van der Waals surface area contributed by atoms with Crippen molar-refractivity contribution in [3.8, 4) is 6.19 Å². The quantitative estimate of drug-likeness (QED) is 0.680. The van der Waals surface area contributed by atoms with Gasteiger partial charge >= 0.3 is 0 Å². The van der Waals surface area contributed by atoms with Gasteiger partial charge in [0.1, 0.15) is 0 Å². The Morgan fingerprint density at radius 3 is 2.88 bits per heavy atom. The molecule has 0 bridgehead atoms. The number of nitrogens with zero attached hydrogens (tertiary/aromatic N) is 4. The summed E-state index contributed by atoms with van der Waals surface area (Å²) in [5.74, 6) is 0.313. The zero-order chi connectivity index (χ0) is 17.2. The van der Waals surface area contributed by atoms with Gasteiger partial charge in [-0.05, 0) is 36.6 Å². The van der Waals surface area contributed by atoms with E-state index in [1.54, 1.807) is 0 Å². The molecular weight excluding hydrogens is 332 g/mol. The molecule has 0 saturated carbocycles. The number of para-hydroxylation sites is 3. The Morgan fingerprint density at radius 2 is 2.00 bits per heavy atom. The van der Waals surface area contributed by atoms with Gasteiger partial charge in [-0.25, -0.2) is 9.55 Å². The summed E-state index contributed by atoms with van der Waals surface area (Å²) in [5.41, 5.74) is 3.76. The summed E-state index contributed by atoms with van der Waals surface area (Å²) >= 11 is 1.31. The van der Waals surface area contributed by atoms with Crippen LogP contribution in [0.2, 0.25) is 0 Å². The molecule has 6 heteroatoms. The Morgan fingerprint density at radius 1 is 1.20 bits per heavy atom. The Balaban J connectivity index is 1.55. The SMILES string of the molecule is N#Cn1c(SCC(=O)N2CCCc3ccccc32)nc2ccccc21. The van der Waals surface area contributed by atoms with Crippen LogP contribution in [0.5, 0.6) is 0 Å². The first-order valence-electron chi connectivity index (χ1n) is 8.16. The van der Waals surface area contributed by atoms with Crippen LogP contribution in [0.25, 0.3) is 11.0 Å². The number of carbonyl (C=O) groups is 1. The standard InChI is InChI=1S/C19H16N4OS/c20-13-23-17-10-4-2-8-15(17)21-19(23)25-12-18(24)22-11-5-7-14-6-1-3-9-16(14)22/h1-4,6,8-10H,5,7,11-12H2. The summed E-state index contributed by atoms with van der Waals surface area (Å²) in [6, 6.07) is 15.6. The lowest BCUT2D eigenvalue weighted by molar-refractivity contribution is -0.116. The zero-order valence-corrected chi connectivity index (χ0v) is 14.4. The molecule has 0 saturated heterocycles. The summed E-state index contributed by atoms with van der Waals surface area (Å²) in [4.78, 5) is 19.1. The van der Waals surface area contributed by atoms with Crippen molar-refractivity contribution in [2.24, 2.45) is 0 Å². The maximum Gasteiger partial charge on any atom is 0.237 e. The third-order valence-electron chi connectivity index (χ3n) is 4.37. The summed E-state index contributed by atoms with van der Waals surface area (Å²) < 4.78 is 1.48. The number of rotatable bonds is 3. The molecule has 2 aromatic carbocycles. The first-order valence-corrected chi connectivity index (χ1v) is 9.15. The number of aryl methyl sites for hydroxylation is 1. The summed E-state index contributed by atoms with van der Waals surface area (Å²) in [7, 11) is 0. The van der Waals surface area contributed by atoms with Crippen molar-refractivity contribution in [2.75, 3.05) is 17.2 Å². The number of amides is 1. The van der Waals surface area contributed by atoms with Gasteiger partial charge in [0.05, 0.1) is 16.8 Å². The minimum Gasteiger partial charge on any atom is -0.311 e. The minimum atomic E-state index is 0.0497. The van der Waals surface area contributed by atoms with Crippen LogP contribution in [0, 0.1) is 11.5 Å². The summed E-state index contributed by atoms with van der Waals surface area (Å²) in [5, 5.41) is 9.97. The lowest BCUT2D eigenvalue weighted by Gasteiger charge is -2.29.